The van der Waals surface area contributed by atoms with Gasteiger partial charge in [-0.05, 0) is 44.1 Å². The number of benzene rings is 1. The first-order valence-corrected chi connectivity index (χ1v) is 14.9. The molecule has 0 saturated carbocycles. The molecule has 212 valence electrons. The molecule has 2 rings (SSSR count). The zero-order valence-electron chi connectivity index (χ0n) is 23.9. The van der Waals surface area contributed by atoms with Crippen molar-refractivity contribution in [3.05, 3.63) is 59.7 Å². The average Bonchev–Trinajstić information content (AvgIpc) is 3.23. The van der Waals surface area contributed by atoms with Crippen molar-refractivity contribution < 1.29 is 23.8 Å². The van der Waals surface area contributed by atoms with Gasteiger partial charge in [0.05, 0.1) is 13.2 Å². The molecular weight excluding hydrogens is 476 g/mol. The zero-order chi connectivity index (χ0) is 27.3. The molecular formula is C33H50O5. The predicted octanol–water partition coefficient (Wildman–Crippen LogP) is 8.42. The second-order valence-corrected chi connectivity index (χ2v) is 10.6. The highest BCUT2D eigenvalue weighted by Crippen LogP contribution is 2.32. The number of hydrogen-bond acceptors (Lipinski definition) is 5. The SMILES string of the molecule is CCCCCCCC/C=C\CCCCCCC/C=C1\C[C@@](COCc2ccccc2)(COC(C)=O)OC1=O. The van der Waals surface area contributed by atoms with Gasteiger partial charge in [-0.3, -0.25) is 4.79 Å². The molecule has 0 aromatic heterocycles. The minimum atomic E-state index is -0.952. The Labute approximate surface area is 231 Å². The summed E-state index contributed by atoms with van der Waals surface area (Å²) in [6.07, 6.45) is 24.5. The van der Waals surface area contributed by atoms with Crippen LogP contribution in [0.3, 0.4) is 0 Å². The highest BCUT2D eigenvalue weighted by molar-refractivity contribution is 5.91. The molecule has 1 aliphatic rings. The lowest BCUT2D eigenvalue weighted by Crippen LogP contribution is -2.40. The van der Waals surface area contributed by atoms with Gasteiger partial charge in [0.15, 0.2) is 5.60 Å². The summed E-state index contributed by atoms with van der Waals surface area (Å²) < 4.78 is 16.8. The first-order chi connectivity index (χ1) is 18.5. The van der Waals surface area contributed by atoms with Gasteiger partial charge < -0.3 is 14.2 Å². The minimum Gasteiger partial charge on any atom is -0.462 e. The fourth-order valence-electron chi connectivity index (χ4n) is 4.73. The molecule has 0 N–H and O–H groups in total. The van der Waals surface area contributed by atoms with Crippen molar-refractivity contribution in [3.63, 3.8) is 0 Å². The maximum absolute atomic E-state index is 12.6. The number of allylic oxidation sites excluding steroid dienone is 3. The Hall–Kier alpha value is -2.40. The first kappa shape index (κ1) is 31.8. The van der Waals surface area contributed by atoms with E-state index >= 15 is 0 Å². The summed E-state index contributed by atoms with van der Waals surface area (Å²) in [6, 6.07) is 9.84. The smallest absolute Gasteiger partial charge is 0.334 e. The van der Waals surface area contributed by atoms with E-state index in [9.17, 15) is 9.59 Å². The second kappa shape index (κ2) is 19.6. The maximum Gasteiger partial charge on any atom is 0.334 e. The zero-order valence-corrected chi connectivity index (χ0v) is 23.9. The van der Waals surface area contributed by atoms with E-state index in [0.717, 1.165) is 18.4 Å². The van der Waals surface area contributed by atoms with Crippen LogP contribution in [0.2, 0.25) is 0 Å². The third-order valence-corrected chi connectivity index (χ3v) is 6.96. The van der Waals surface area contributed by atoms with Crippen LogP contribution in [0.4, 0.5) is 0 Å². The molecule has 0 radical (unpaired) electrons. The number of hydrogen-bond donors (Lipinski definition) is 0. The molecule has 1 saturated heterocycles. The van der Waals surface area contributed by atoms with Crippen LogP contribution in [0.5, 0.6) is 0 Å². The van der Waals surface area contributed by atoms with Crippen molar-refractivity contribution in [3.8, 4) is 0 Å². The second-order valence-electron chi connectivity index (χ2n) is 10.6. The van der Waals surface area contributed by atoms with E-state index in [0.29, 0.717) is 18.6 Å². The Morgan fingerprint density at radius 3 is 2.11 bits per heavy atom. The lowest BCUT2D eigenvalue weighted by Gasteiger charge is -2.26. The van der Waals surface area contributed by atoms with Gasteiger partial charge in [-0.15, -0.1) is 0 Å². The molecule has 0 spiro atoms. The summed E-state index contributed by atoms with van der Waals surface area (Å²) in [7, 11) is 0. The van der Waals surface area contributed by atoms with Gasteiger partial charge in [0.1, 0.15) is 6.61 Å². The fourth-order valence-corrected chi connectivity index (χ4v) is 4.73. The quantitative estimate of drug-likeness (QED) is 0.0696. The Balaban J connectivity index is 1.61. The van der Waals surface area contributed by atoms with Crippen molar-refractivity contribution in [2.24, 2.45) is 0 Å². The maximum atomic E-state index is 12.6. The molecule has 0 aliphatic carbocycles. The summed E-state index contributed by atoms with van der Waals surface area (Å²) in [6.45, 7) is 4.23. The van der Waals surface area contributed by atoms with Gasteiger partial charge in [0.2, 0.25) is 0 Å². The van der Waals surface area contributed by atoms with E-state index < -0.39 is 11.6 Å². The molecule has 1 aromatic rings. The lowest BCUT2D eigenvalue weighted by molar-refractivity contribution is -0.168. The molecule has 1 aromatic carbocycles. The van der Waals surface area contributed by atoms with Crippen LogP contribution in [0.1, 0.15) is 116 Å². The molecule has 1 heterocycles. The Kier molecular flexibility index (Phi) is 16.4. The summed E-state index contributed by atoms with van der Waals surface area (Å²) in [5, 5.41) is 0. The van der Waals surface area contributed by atoms with Crippen molar-refractivity contribution in [1.29, 1.82) is 0 Å². The topological polar surface area (TPSA) is 61.8 Å². The summed E-state index contributed by atoms with van der Waals surface area (Å²) >= 11 is 0. The van der Waals surface area contributed by atoms with Crippen LogP contribution in [-0.4, -0.2) is 30.8 Å². The third kappa shape index (κ3) is 13.9. The molecule has 38 heavy (non-hydrogen) atoms. The number of cyclic esters (lactones) is 1. The number of rotatable bonds is 21. The standard InChI is InChI=1S/C33H50O5/c1-3-4-5-6-7-8-9-10-11-12-13-14-15-16-17-21-24-31-25-33(38-32(31)35,28-37-29(2)34)27-36-26-30-22-19-18-20-23-30/h10-11,18-20,22-24H,3-9,12-17,21,25-28H2,1-2H3/b11-10-,31-24+/t33-/m1/s1. The molecule has 0 unspecified atom stereocenters. The predicted molar refractivity (Wildman–Crippen MR) is 154 cm³/mol. The number of carbonyl (C=O) groups is 2. The highest BCUT2D eigenvalue weighted by atomic mass is 16.6. The minimum absolute atomic E-state index is 0.00755. The van der Waals surface area contributed by atoms with Gasteiger partial charge >= 0.3 is 11.9 Å². The molecule has 1 aliphatic heterocycles. The van der Waals surface area contributed by atoms with Crippen LogP contribution in [0, 0.1) is 0 Å². The third-order valence-electron chi connectivity index (χ3n) is 6.96. The van der Waals surface area contributed by atoms with Crippen LogP contribution in [0.15, 0.2) is 54.1 Å². The Bertz CT molecular complexity index is 844. The summed E-state index contributed by atoms with van der Waals surface area (Å²) in [5.41, 5.74) is 0.752. The van der Waals surface area contributed by atoms with Crippen LogP contribution in [-0.2, 0) is 30.4 Å². The largest absolute Gasteiger partial charge is 0.462 e. The fraction of sp³-hybridized carbons (Fsp3) is 0.636. The molecule has 5 heteroatoms. The van der Waals surface area contributed by atoms with Crippen molar-refractivity contribution in [1.82, 2.24) is 0 Å². The number of carbonyl (C=O) groups excluding carboxylic acids is 2. The molecule has 1 fully saturated rings. The van der Waals surface area contributed by atoms with E-state index in [-0.39, 0.29) is 19.2 Å². The van der Waals surface area contributed by atoms with E-state index in [1.54, 1.807) is 0 Å². The van der Waals surface area contributed by atoms with Crippen molar-refractivity contribution in [2.45, 2.75) is 122 Å². The normalized spacial score (nSPS) is 18.4. The summed E-state index contributed by atoms with van der Waals surface area (Å²) in [5.74, 6) is -0.720. The monoisotopic (exact) mass is 526 g/mol. The van der Waals surface area contributed by atoms with E-state index in [1.807, 2.05) is 36.4 Å². The average molecular weight is 527 g/mol. The van der Waals surface area contributed by atoms with E-state index in [2.05, 4.69) is 19.1 Å². The van der Waals surface area contributed by atoms with Gasteiger partial charge in [0, 0.05) is 18.9 Å². The Morgan fingerprint density at radius 1 is 0.868 bits per heavy atom. The van der Waals surface area contributed by atoms with Gasteiger partial charge in [-0.1, -0.05) is 107 Å². The van der Waals surface area contributed by atoms with E-state index in [4.69, 9.17) is 14.2 Å². The summed E-state index contributed by atoms with van der Waals surface area (Å²) in [4.78, 5) is 24.0. The van der Waals surface area contributed by atoms with Crippen LogP contribution in [0.25, 0.3) is 0 Å². The van der Waals surface area contributed by atoms with Crippen molar-refractivity contribution in [2.75, 3.05) is 13.2 Å². The van der Waals surface area contributed by atoms with Crippen LogP contribution < -0.4 is 0 Å². The molecule has 0 bridgehead atoms. The number of unbranched alkanes of at least 4 members (excludes halogenated alkanes) is 12. The lowest BCUT2D eigenvalue weighted by atomic mass is 9.98. The molecule has 5 nitrogen and oxygen atoms in total. The molecule has 1 atom stereocenters. The van der Waals surface area contributed by atoms with Crippen molar-refractivity contribution >= 4 is 11.9 Å². The highest BCUT2D eigenvalue weighted by Gasteiger charge is 2.45. The van der Waals surface area contributed by atoms with Gasteiger partial charge in [0.25, 0.3) is 0 Å². The van der Waals surface area contributed by atoms with Gasteiger partial charge in [-0.25, -0.2) is 4.79 Å². The van der Waals surface area contributed by atoms with Crippen LogP contribution >= 0.6 is 0 Å². The molecule has 0 amide bonds. The Morgan fingerprint density at radius 2 is 1.47 bits per heavy atom. The number of esters is 2. The van der Waals surface area contributed by atoms with Gasteiger partial charge in [-0.2, -0.15) is 0 Å². The first-order valence-electron chi connectivity index (χ1n) is 14.9. The van der Waals surface area contributed by atoms with E-state index in [1.165, 1.54) is 84.0 Å². The number of ether oxygens (including phenoxy) is 3.